The van der Waals surface area contributed by atoms with Crippen LogP contribution in [0.2, 0.25) is 0 Å². The van der Waals surface area contributed by atoms with Gasteiger partial charge in [-0.15, -0.1) is 0 Å². The Labute approximate surface area is 192 Å². The van der Waals surface area contributed by atoms with E-state index in [0.717, 1.165) is 17.8 Å². The van der Waals surface area contributed by atoms with Crippen LogP contribution in [0.3, 0.4) is 0 Å². The molecule has 4 fully saturated rings. The third-order valence-corrected chi connectivity index (χ3v) is 12.9. The highest BCUT2D eigenvalue weighted by atomic mass is 16.1. The van der Waals surface area contributed by atoms with E-state index in [4.69, 9.17) is 0 Å². The van der Waals surface area contributed by atoms with E-state index in [1.165, 1.54) is 57.8 Å². The third kappa shape index (κ3) is 2.53. The molecule has 0 aromatic heterocycles. The molecular weight excluding hydrogens is 376 g/mol. The summed E-state index contributed by atoms with van der Waals surface area (Å²) in [4.78, 5) is 14.3. The van der Waals surface area contributed by atoms with Crippen molar-refractivity contribution in [2.45, 2.75) is 113 Å². The fraction of sp³-hybridized carbons (Fsp3) is 0.900. The average molecular weight is 425 g/mol. The van der Waals surface area contributed by atoms with Crippen LogP contribution in [0.25, 0.3) is 0 Å². The van der Waals surface area contributed by atoms with Crippen molar-refractivity contribution in [3.05, 3.63) is 11.6 Å². The number of ketones is 1. The monoisotopic (exact) mass is 424 g/mol. The highest BCUT2D eigenvalue weighted by Crippen LogP contribution is 2.75. The van der Waals surface area contributed by atoms with E-state index in [1.807, 2.05) is 0 Å². The number of rotatable bonds is 1. The Balaban J connectivity index is 1.61. The minimum absolute atomic E-state index is 0.139. The molecule has 0 bridgehead atoms. The summed E-state index contributed by atoms with van der Waals surface area (Å²) in [6.07, 6.45) is 14.1. The second-order valence-corrected chi connectivity index (χ2v) is 14.5. The molecule has 0 aliphatic heterocycles. The van der Waals surface area contributed by atoms with Gasteiger partial charge in [-0.25, -0.2) is 0 Å². The van der Waals surface area contributed by atoms with Crippen LogP contribution in [-0.2, 0) is 4.79 Å². The predicted octanol–water partition coefficient (Wildman–Crippen LogP) is 8.23. The lowest BCUT2D eigenvalue weighted by Gasteiger charge is -2.68. The molecule has 1 nitrogen and oxygen atoms in total. The maximum absolute atomic E-state index is 14.3. The highest BCUT2D eigenvalue weighted by molar-refractivity contribution is 5.98. The van der Waals surface area contributed by atoms with Gasteiger partial charge in [0.25, 0.3) is 0 Å². The van der Waals surface area contributed by atoms with Crippen LogP contribution >= 0.6 is 0 Å². The Hall–Kier alpha value is -0.590. The summed E-state index contributed by atoms with van der Waals surface area (Å²) in [5.41, 5.74) is 2.54. The van der Waals surface area contributed by atoms with Crippen LogP contribution in [0.4, 0.5) is 0 Å². The zero-order valence-corrected chi connectivity index (χ0v) is 21.7. The van der Waals surface area contributed by atoms with Crippen LogP contribution < -0.4 is 0 Å². The lowest BCUT2D eigenvalue weighted by atomic mass is 9.35. The predicted molar refractivity (Wildman–Crippen MR) is 130 cm³/mol. The number of hydrogen-bond donors (Lipinski definition) is 0. The van der Waals surface area contributed by atoms with Crippen molar-refractivity contribution in [1.29, 1.82) is 0 Å². The van der Waals surface area contributed by atoms with Gasteiger partial charge in [0.2, 0.25) is 0 Å². The van der Waals surface area contributed by atoms with E-state index < -0.39 is 0 Å². The standard InChI is InChI=1S/C30H48O/c1-19(2)20-10-13-24-28(20,6)16-17-29(7)21-11-12-23-26(3,4)14-9-15-27(23,5)22(21)18-25(31)30(24,29)8/h18-21,23-24H,9-17H2,1-8H3. The molecule has 0 amide bonds. The number of carbonyl (C=O) groups is 1. The Morgan fingerprint density at radius 3 is 2.19 bits per heavy atom. The van der Waals surface area contributed by atoms with E-state index >= 15 is 0 Å². The van der Waals surface area contributed by atoms with Crippen molar-refractivity contribution in [2.75, 3.05) is 0 Å². The van der Waals surface area contributed by atoms with Gasteiger partial charge in [0.15, 0.2) is 5.78 Å². The molecule has 0 heterocycles. The molecular formula is C30H48O. The summed E-state index contributed by atoms with van der Waals surface area (Å²) in [6, 6.07) is 0. The van der Waals surface area contributed by atoms with E-state index in [9.17, 15) is 4.79 Å². The Morgan fingerprint density at radius 1 is 0.839 bits per heavy atom. The summed E-state index contributed by atoms with van der Waals surface area (Å²) in [5.74, 6) is 3.93. The summed E-state index contributed by atoms with van der Waals surface area (Å²) in [6.45, 7) is 19.9. The van der Waals surface area contributed by atoms with Gasteiger partial charge in [0.05, 0.1) is 0 Å². The number of carbonyl (C=O) groups excluding carboxylic acids is 1. The van der Waals surface area contributed by atoms with Crippen molar-refractivity contribution in [1.82, 2.24) is 0 Å². The third-order valence-electron chi connectivity index (χ3n) is 12.9. The maximum atomic E-state index is 14.3. The van der Waals surface area contributed by atoms with Crippen molar-refractivity contribution in [3.63, 3.8) is 0 Å². The number of allylic oxidation sites excluding steroid dienone is 2. The van der Waals surface area contributed by atoms with Crippen molar-refractivity contribution < 1.29 is 4.79 Å². The first-order chi connectivity index (χ1) is 14.3. The molecule has 31 heavy (non-hydrogen) atoms. The van der Waals surface area contributed by atoms with E-state index in [0.29, 0.717) is 28.4 Å². The quantitative estimate of drug-likeness (QED) is 0.414. The molecule has 174 valence electrons. The molecule has 1 heteroatoms. The van der Waals surface area contributed by atoms with E-state index in [1.54, 1.807) is 5.57 Å². The first-order valence-electron chi connectivity index (χ1n) is 13.6. The molecule has 4 saturated carbocycles. The molecule has 5 aliphatic rings. The Bertz CT molecular complexity index is 818. The van der Waals surface area contributed by atoms with Crippen LogP contribution in [0.5, 0.6) is 0 Å². The Kier molecular flexibility index (Phi) is 4.66. The summed E-state index contributed by atoms with van der Waals surface area (Å²) in [5, 5.41) is 0. The van der Waals surface area contributed by atoms with Crippen LogP contribution in [0.1, 0.15) is 113 Å². The van der Waals surface area contributed by atoms with Gasteiger partial charge in [-0.05, 0) is 109 Å². The zero-order valence-electron chi connectivity index (χ0n) is 21.7. The van der Waals surface area contributed by atoms with Gasteiger partial charge in [0.1, 0.15) is 0 Å². The first-order valence-corrected chi connectivity index (χ1v) is 13.6. The van der Waals surface area contributed by atoms with Gasteiger partial charge in [0, 0.05) is 5.41 Å². The second-order valence-electron chi connectivity index (χ2n) is 14.5. The molecule has 0 radical (unpaired) electrons. The fourth-order valence-electron chi connectivity index (χ4n) is 11.1. The Morgan fingerprint density at radius 2 is 1.52 bits per heavy atom. The fourth-order valence-corrected chi connectivity index (χ4v) is 11.1. The smallest absolute Gasteiger partial charge is 0.162 e. The van der Waals surface area contributed by atoms with Crippen LogP contribution in [-0.4, -0.2) is 5.78 Å². The highest BCUT2D eigenvalue weighted by Gasteiger charge is 2.70. The lowest BCUT2D eigenvalue weighted by molar-refractivity contribution is -0.173. The lowest BCUT2D eigenvalue weighted by Crippen LogP contribution is -2.64. The second kappa shape index (κ2) is 6.50. The molecule has 5 rings (SSSR count). The van der Waals surface area contributed by atoms with Crippen molar-refractivity contribution in [2.24, 2.45) is 56.7 Å². The number of hydrogen-bond acceptors (Lipinski definition) is 1. The summed E-state index contributed by atoms with van der Waals surface area (Å²) >= 11 is 0. The molecule has 0 aromatic rings. The molecule has 0 aromatic carbocycles. The first kappa shape index (κ1) is 22.2. The van der Waals surface area contributed by atoms with Crippen molar-refractivity contribution >= 4 is 5.78 Å². The van der Waals surface area contributed by atoms with Gasteiger partial charge in [-0.2, -0.15) is 0 Å². The summed E-state index contributed by atoms with van der Waals surface area (Å²) in [7, 11) is 0. The molecule has 5 aliphatic carbocycles. The molecule has 0 spiro atoms. The topological polar surface area (TPSA) is 17.1 Å². The summed E-state index contributed by atoms with van der Waals surface area (Å²) < 4.78 is 0. The molecule has 0 saturated heterocycles. The van der Waals surface area contributed by atoms with E-state index in [2.05, 4.69) is 61.5 Å². The van der Waals surface area contributed by atoms with Gasteiger partial charge in [-0.1, -0.05) is 67.4 Å². The molecule has 8 unspecified atom stereocenters. The molecule has 8 atom stereocenters. The van der Waals surface area contributed by atoms with Gasteiger partial charge < -0.3 is 0 Å². The van der Waals surface area contributed by atoms with E-state index in [-0.39, 0.29) is 16.2 Å². The minimum Gasteiger partial charge on any atom is -0.294 e. The van der Waals surface area contributed by atoms with Gasteiger partial charge in [-0.3, -0.25) is 4.79 Å². The minimum atomic E-state index is -0.175. The zero-order chi connectivity index (χ0) is 22.6. The van der Waals surface area contributed by atoms with Crippen molar-refractivity contribution in [3.8, 4) is 0 Å². The SMILES string of the molecule is CC(C)C1CCC2C1(C)CCC1(C)C3CCC4C(C)(C)CCCC4(C)C3=CC(=O)C21C. The van der Waals surface area contributed by atoms with Crippen LogP contribution in [0, 0.1) is 56.7 Å². The largest absolute Gasteiger partial charge is 0.294 e. The average Bonchev–Trinajstić information content (AvgIpc) is 3.03. The maximum Gasteiger partial charge on any atom is 0.162 e. The number of fused-ring (bicyclic) bond motifs is 7. The van der Waals surface area contributed by atoms with Crippen LogP contribution in [0.15, 0.2) is 11.6 Å². The molecule has 0 N–H and O–H groups in total. The normalized spacial score (nSPS) is 53.3. The van der Waals surface area contributed by atoms with Gasteiger partial charge >= 0.3 is 0 Å².